The molecule has 6 heteroatoms. The predicted octanol–water partition coefficient (Wildman–Crippen LogP) is 4.05. The molecular formula is C14H16BrClN2OS. The van der Waals surface area contributed by atoms with Crippen molar-refractivity contribution in [1.82, 2.24) is 0 Å². The van der Waals surface area contributed by atoms with E-state index in [2.05, 4.69) is 28.2 Å². The summed E-state index contributed by atoms with van der Waals surface area (Å²) in [5.74, 6) is 0.316. The molecule has 0 saturated heterocycles. The highest BCUT2D eigenvalue weighted by Gasteiger charge is 2.50. The van der Waals surface area contributed by atoms with Crippen molar-refractivity contribution in [1.29, 1.82) is 0 Å². The van der Waals surface area contributed by atoms with Gasteiger partial charge >= 0.3 is 0 Å². The summed E-state index contributed by atoms with van der Waals surface area (Å²) in [6.07, 6.45) is 1.40. The summed E-state index contributed by atoms with van der Waals surface area (Å²) in [5.41, 5.74) is 6.64. The Hall–Kier alpha value is -0.650. The van der Waals surface area contributed by atoms with Crippen LogP contribution in [0.2, 0.25) is 5.02 Å². The topological polar surface area (TPSA) is 55.1 Å². The molecule has 0 spiro atoms. The summed E-state index contributed by atoms with van der Waals surface area (Å²) < 4.78 is 0.790. The summed E-state index contributed by atoms with van der Waals surface area (Å²) in [4.78, 5) is 12.8. The Balaban J connectivity index is 2.24. The van der Waals surface area contributed by atoms with Gasteiger partial charge in [-0.05, 0) is 59.3 Å². The molecule has 1 aliphatic carbocycles. The molecule has 1 fully saturated rings. The number of rotatable bonds is 3. The van der Waals surface area contributed by atoms with Crippen molar-refractivity contribution in [3.63, 3.8) is 0 Å². The lowest BCUT2D eigenvalue weighted by atomic mass is 9.62. The number of amides is 1. The maximum atomic E-state index is 12.5. The van der Waals surface area contributed by atoms with Gasteiger partial charge in [0.25, 0.3) is 0 Å². The second-order valence-corrected chi connectivity index (χ2v) is 7.20. The number of thiocarbonyl (C=S) groups is 1. The molecule has 1 aliphatic rings. The Kier molecular flexibility index (Phi) is 4.42. The average molecular weight is 376 g/mol. The van der Waals surface area contributed by atoms with Crippen molar-refractivity contribution in [3.05, 3.63) is 27.2 Å². The second-order valence-electron chi connectivity index (χ2n) is 5.50. The standard InChI is InChI=1S/C14H16BrClN2OS/c1-7-5-14(6-7,12(17)20)13(19)18-11-4-10(16)8(2)3-9(11)15/h3-4,7H,5-6H2,1-2H3,(H2,17,20)(H,18,19). The van der Waals surface area contributed by atoms with Crippen LogP contribution in [0.4, 0.5) is 5.69 Å². The SMILES string of the molecule is Cc1cc(Br)c(NC(=O)C2(C(N)=S)CC(C)C2)cc1Cl. The first-order valence-corrected chi connectivity index (χ1v) is 7.91. The number of carbonyl (C=O) groups excluding carboxylic acids is 1. The van der Waals surface area contributed by atoms with E-state index in [9.17, 15) is 4.79 Å². The fraction of sp³-hybridized carbons (Fsp3) is 0.429. The van der Waals surface area contributed by atoms with Crippen molar-refractivity contribution >= 4 is 56.3 Å². The van der Waals surface area contributed by atoms with Crippen LogP contribution in [-0.2, 0) is 4.79 Å². The van der Waals surface area contributed by atoms with Crippen molar-refractivity contribution in [2.75, 3.05) is 5.32 Å². The highest BCUT2D eigenvalue weighted by atomic mass is 79.9. The third kappa shape index (κ3) is 2.71. The Morgan fingerprint density at radius 3 is 2.65 bits per heavy atom. The van der Waals surface area contributed by atoms with Gasteiger partial charge in [0.1, 0.15) is 0 Å². The molecule has 2 rings (SSSR count). The minimum absolute atomic E-state index is 0.149. The maximum absolute atomic E-state index is 12.5. The van der Waals surface area contributed by atoms with E-state index in [1.165, 1.54) is 0 Å². The number of halogens is 2. The van der Waals surface area contributed by atoms with E-state index in [0.29, 0.717) is 29.5 Å². The van der Waals surface area contributed by atoms with Crippen LogP contribution in [0.25, 0.3) is 0 Å². The Bertz CT molecular complexity index is 585. The van der Waals surface area contributed by atoms with Gasteiger partial charge in [-0.25, -0.2) is 0 Å². The third-order valence-corrected chi connectivity index (χ3v) is 5.25. The summed E-state index contributed by atoms with van der Waals surface area (Å²) in [5, 5.41) is 3.49. The highest BCUT2D eigenvalue weighted by molar-refractivity contribution is 9.10. The molecule has 0 aliphatic heterocycles. The zero-order valence-corrected chi connectivity index (χ0v) is 14.5. The average Bonchev–Trinajstić information content (AvgIpc) is 2.31. The van der Waals surface area contributed by atoms with Crippen molar-refractivity contribution < 1.29 is 4.79 Å². The normalized spacial score (nSPS) is 24.9. The number of hydrogen-bond acceptors (Lipinski definition) is 2. The first kappa shape index (κ1) is 15.7. The molecule has 1 saturated carbocycles. The van der Waals surface area contributed by atoms with Crippen LogP contribution in [0.15, 0.2) is 16.6 Å². The van der Waals surface area contributed by atoms with E-state index in [0.717, 1.165) is 10.0 Å². The van der Waals surface area contributed by atoms with Gasteiger partial charge in [-0.15, -0.1) is 0 Å². The minimum Gasteiger partial charge on any atom is -0.392 e. The number of carbonyl (C=O) groups is 1. The largest absolute Gasteiger partial charge is 0.392 e. The third-order valence-electron chi connectivity index (χ3n) is 3.80. The van der Waals surface area contributed by atoms with Crippen LogP contribution >= 0.6 is 39.7 Å². The molecule has 1 amide bonds. The zero-order chi connectivity index (χ0) is 15.1. The molecule has 0 atom stereocenters. The lowest BCUT2D eigenvalue weighted by molar-refractivity contribution is -0.127. The van der Waals surface area contributed by atoms with Crippen molar-refractivity contribution in [2.45, 2.75) is 26.7 Å². The molecule has 108 valence electrons. The Morgan fingerprint density at radius 1 is 1.55 bits per heavy atom. The number of anilines is 1. The Labute approximate surface area is 137 Å². The molecule has 0 bridgehead atoms. The molecule has 20 heavy (non-hydrogen) atoms. The van der Waals surface area contributed by atoms with Gasteiger partial charge in [-0.3, -0.25) is 4.79 Å². The van der Waals surface area contributed by atoms with Gasteiger partial charge in [0.2, 0.25) is 5.91 Å². The molecule has 0 aromatic heterocycles. The molecular weight excluding hydrogens is 360 g/mol. The number of nitrogens with two attached hydrogens (primary N) is 1. The lowest BCUT2D eigenvalue weighted by Crippen LogP contribution is -2.53. The number of hydrogen-bond donors (Lipinski definition) is 2. The summed E-state index contributed by atoms with van der Waals surface area (Å²) in [7, 11) is 0. The van der Waals surface area contributed by atoms with Crippen LogP contribution in [0.3, 0.4) is 0 Å². The van der Waals surface area contributed by atoms with E-state index >= 15 is 0 Å². The zero-order valence-electron chi connectivity index (χ0n) is 11.3. The fourth-order valence-corrected chi connectivity index (χ4v) is 3.59. The molecule has 1 aromatic rings. The predicted molar refractivity (Wildman–Crippen MR) is 90.1 cm³/mol. The summed E-state index contributed by atoms with van der Waals surface area (Å²) in [6.45, 7) is 3.99. The van der Waals surface area contributed by atoms with Gasteiger partial charge in [0.15, 0.2) is 0 Å². The number of nitrogens with one attached hydrogen (secondary N) is 1. The smallest absolute Gasteiger partial charge is 0.237 e. The van der Waals surface area contributed by atoms with Crippen LogP contribution in [-0.4, -0.2) is 10.9 Å². The van der Waals surface area contributed by atoms with E-state index in [1.54, 1.807) is 6.07 Å². The van der Waals surface area contributed by atoms with Crippen LogP contribution < -0.4 is 11.1 Å². The highest BCUT2D eigenvalue weighted by Crippen LogP contribution is 2.47. The van der Waals surface area contributed by atoms with Gasteiger partial charge in [-0.2, -0.15) is 0 Å². The van der Waals surface area contributed by atoms with Crippen LogP contribution in [0.5, 0.6) is 0 Å². The summed E-state index contributed by atoms with van der Waals surface area (Å²) >= 11 is 14.6. The van der Waals surface area contributed by atoms with Crippen LogP contribution in [0.1, 0.15) is 25.3 Å². The van der Waals surface area contributed by atoms with E-state index < -0.39 is 5.41 Å². The first-order chi connectivity index (χ1) is 9.26. The van der Waals surface area contributed by atoms with Crippen molar-refractivity contribution in [3.8, 4) is 0 Å². The van der Waals surface area contributed by atoms with Crippen molar-refractivity contribution in [2.24, 2.45) is 17.1 Å². The minimum atomic E-state index is -0.717. The van der Waals surface area contributed by atoms with E-state index in [1.807, 2.05) is 13.0 Å². The van der Waals surface area contributed by atoms with Gasteiger partial charge in [-0.1, -0.05) is 30.7 Å². The van der Waals surface area contributed by atoms with Gasteiger partial charge in [0.05, 0.1) is 16.1 Å². The number of aryl methyl sites for hydroxylation is 1. The summed E-state index contributed by atoms with van der Waals surface area (Å²) in [6, 6.07) is 3.60. The lowest BCUT2D eigenvalue weighted by Gasteiger charge is -2.44. The van der Waals surface area contributed by atoms with Gasteiger partial charge < -0.3 is 11.1 Å². The molecule has 0 unspecified atom stereocenters. The molecule has 1 aromatic carbocycles. The first-order valence-electron chi connectivity index (χ1n) is 6.33. The molecule has 0 radical (unpaired) electrons. The number of benzene rings is 1. The quantitative estimate of drug-likeness (QED) is 0.784. The fourth-order valence-electron chi connectivity index (χ4n) is 2.61. The van der Waals surface area contributed by atoms with E-state index in [4.69, 9.17) is 29.6 Å². The molecule has 3 N–H and O–H groups in total. The maximum Gasteiger partial charge on any atom is 0.237 e. The molecule has 3 nitrogen and oxygen atoms in total. The van der Waals surface area contributed by atoms with E-state index in [-0.39, 0.29) is 10.9 Å². The Morgan fingerprint density at radius 2 is 2.15 bits per heavy atom. The van der Waals surface area contributed by atoms with Gasteiger partial charge in [0, 0.05) is 9.50 Å². The monoisotopic (exact) mass is 374 g/mol. The van der Waals surface area contributed by atoms with Crippen LogP contribution in [0, 0.1) is 18.3 Å². The second kappa shape index (κ2) is 5.62. The molecule has 0 heterocycles.